The Kier molecular flexibility index (Phi) is 4.29. The maximum Gasteiger partial charge on any atom is 0.103 e. The topological polar surface area (TPSA) is 29.5 Å². The molecular weight excluding hydrogens is 172 g/mol. The highest BCUT2D eigenvalue weighted by Crippen LogP contribution is 2.15. The van der Waals surface area contributed by atoms with Gasteiger partial charge in [-0.05, 0) is 28.8 Å². The highest BCUT2D eigenvalue weighted by Gasteiger charge is 2.06. The second-order valence-electron chi connectivity index (χ2n) is 2.65. The van der Waals surface area contributed by atoms with E-state index in [-0.39, 0.29) is 0 Å². The van der Waals surface area contributed by atoms with Crippen LogP contribution >= 0.6 is 11.3 Å². The lowest BCUT2D eigenvalue weighted by Crippen LogP contribution is -2.06. The molecule has 68 valence electrons. The predicted molar refractivity (Wildman–Crippen MR) is 50.4 cm³/mol. The van der Waals surface area contributed by atoms with Crippen LogP contribution in [-0.2, 0) is 4.74 Å². The van der Waals surface area contributed by atoms with E-state index < -0.39 is 6.10 Å². The minimum Gasteiger partial charge on any atom is -0.386 e. The largest absolute Gasteiger partial charge is 0.386 e. The van der Waals surface area contributed by atoms with Gasteiger partial charge in [-0.15, -0.1) is 0 Å². The quantitative estimate of drug-likeness (QED) is 0.714. The average Bonchev–Trinajstić information content (AvgIpc) is 2.56. The molecule has 0 radical (unpaired) electrons. The smallest absolute Gasteiger partial charge is 0.103 e. The van der Waals surface area contributed by atoms with Gasteiger partial charge in [-0.2, -0.15) is 11.3 Å². The first kappa shape index (κ1) is 9.71. The van der Waals surface area contributed by atoms with Crippen LogP contribution in [0.15, 0.2) is 16.8 Å². The van der Waals surface area contributed by atoms with Crippen LogP contribution in [0.4, 0.5) is 0 Å². The van der Waals surface area contributed by atoms with Crippen LogP contribution < -0.4 is 0 Å². The Balaban J connectivity index is 2.25. The van der Waals surface area contributed by atoms with Crippen molar-refractivity contribution in [3.8, 4) is 0 Å². The van der Waals surface area contributed by atoms with Crippen LogP contribution in [0.3, 0.4) is 0 Å². The molecule has 1 unspecified atom stereocenters. The minimum atomic E-state index is -0.456. The van der Waals surface area contributed by atoms with Gasteiger partial charge in [0.1, 0.15) is 6.10 Å². The van der Waals surface area contributed by atoms with Crippen molar-refractivity contribution in [2.75, 3.05) is 13.2 Å². The Labute approximate surface area is 76.8 Å². The van der Waals surface area contributed by atoms with Crippen LogP contribution in [0.2, 0.25) is 0 Å². The number of hydrogen-bond acceptors (Lipinski definition) is 3. The Morgan fingerprint density at radius 2 is 2.50 bits per heavy atom. The van der Waals surface area contributed by atoms with Crippen molar-refractivity contribution in [2.24, 2.45) is 0 Å². The third-order valence-electron chi connectivity index (χ3n) is 1.55. The van der Waals surface area contributed by atoms with Gasteiger partial charge in [-0.25, -0.2) is 0 Å². The summed E-state index contributed by atoms with van der Waals surface area (Å²) < 4.78 is 5.22. The van der Waals surface area contributed by atoms with Crippen LogP contribution in [0.1, 0.15) is 25.0 Å². The molecule has 1 N–H and O–H groups in total. The molecule has 0 saturated carbocycles. The monoisotopic (exact) mass is 186 g/mol. The fourth-order valence-electron chi connectivity index (χ4n) is 0.900. The lowest BCUT2D eigenvalue weighted by molar-refractivity contribution is 0.0366. The van der Waals surface area contributed by atoms with Crippen molar-refractivity contribution < 1.29 is 9.84 Å². The first-order valence-corrected chi connectivity index (χ1v) is 5.06. The summed E-state index contributed by atoms with van der Waals surface area (Å²) in [5, 5.41) is 13.4. The summed E-state index contributed by atoms with van der Waals surface area (Å²) in [5.74, 6) is 0. The van der Waals surface area contributed by atoms with E-state index in [4.69, 9.17) is 4.74 Å². The number of ether oxygens (including phenoxy) is 1. The molecule has 1 aromatic rings. The number of hydrogen-bond donors (Lipinski definition) is 1. The molecule has 0 saturated heterocycles. The van der Waals surface area contributed by atoms with Crippen LogP contribution in [0, 0.1) is 0 Å². The fourth-order valence-corrected chi connectivity index (χ4v) is 1.61. The predicted octanol–water partition coefficient (Wildman–Crippen LogP) is 2.21. The van der Waals surface area contributed by atoms with E-state index in [0.717, 1.165) is 18.6 Å². The zero-order valence-corrected chi connectivity index (χ0v) is 8.01. The molecule has 0 fully saturated rings. The maximum atomic E-state index is 9.52. The van der Waals surface area contributed by atoms with Gasteiger partial charge in [-0.3, -0.25) is 0 Å². The number of rotatable bonds is 5. The molecule has 0 bridgehead atoms. The molecule has 2 nitrogen and oxygen atoms in total. The fraction of sp³-hybridized carbons (Fsp3) is 0.556. The van der Waals surface area contributed by atoms with Gasteiger partial charge < -0.3 is 9.84 Å². The first-order chi connectivity index (χ1) is 5.84. The highest BCUT2D eigenvalue weighted by molar-refractivity contribution is 7.07. The standard InChI is InChI=1S/C9H14O2S/c1-2-4-11-6-9(10)8-3-5-12-7-8/h3,5,7,9-10H,2,4,6H2,1H3. The summed E-state index contributed by atoms with van der Waals surface area (Å²) in [6.07, 6.45) is 0.541. The zero-order valence-electron chi connectivity index (χ0n) is 7.19. The normalized spacial score (nSPS) is 13.2. The zero-order chi connectivity index (χ0) is 8.81. The van der Waals surface area contributed by atoms with Gasteiger partial charge in [-0.1, -0.05) is 6.92 Å². The van der Waals surface area contributed by atoms with Crippen molar-refractivity contribution in [3.63, 3.8) is 0 Å². The van der Waals surface area contributed by atoms with Gasteiger partial charge in [0.15, 0.2) is 0 Å². The van der Waals surface area contributed by atoms with E-state index >= 15 is 0 Å². The van der Waals surface area contributed by atoms with Crippen molar-refractivity contribution in [1.82, 2.24) is 0 Å². The van der Waals surface area contributed by atoms with Crippen molar-refractivity contribution in [1.29, 1.82) is 0 Å². The SMILES string of the molecule is CCCOCC(O)c1ccsc1. The van der Waals surface area contributed by atoms with Crippen molar-refractivity contribution in [3.05, 3.63) is 22.4 Å². The number of aliphatic hydroxyl groups is 1. The Morgan fingerprint density at radius 3 is 3.08 bits per heavy atom. The molecule has 1 rings (SSSR count). The molecule has 1 heterocycles. The summed E-state index contributed by atoms with van der Waals surface area (Å²) in [5.41, 5.74) is 0.955. The number of aliphatic hydroxyl groups excluding tert-OH is 1. The maximum absolute atomic E-state index is 9.52. The lowest BCUT2D eigenvalue weighted by atomic mass is 10.2. The summed E-state index contributed by atoms with van der Waals surface area (Å²) in [6.45, 7) is 3.18. The third kappa shape index (κ3) is 2.93. The molecule has 0 aliphatic heterocycles. The summed E-state index contributed by atoms with van der Waals surface area (Å²) in [4.78, 5) is 0. The molecule has 12 heavy (non-hydrogen) atoms. The highest BCUT2D eigenvalue weighted by atomic mass is 32.1. The van der Waals surface area contributed by atoms with Gasteiger partial charge >= 0.3 is 0 Å². The van der Waals surface area contributed by atoms with Gasteiger partial charge in [0, 0.05) is 6.61 Å². The summed E-state index contributed by atoms with van der Waals surface area (Å²) in [7, 11) is 0. The van der Waals surface area contributed by atoms with Gasteiger partial charge in [0.25, 0.3) is 0 Å². The van der Waals surface area contributed by atoms with E-state index in [9.17, 15) is 5.11 Å². The minimum absolute atomic E-state index is 0.407. The second-order valence-corrected chi connectivity index (χ2v) is 3.43. The van der Waals surface area contributed by atoms with Crippen LogP contribution in [0.5, 0.6) is 0 Å². The third-order valence-corrected chi connectivity index (χ3v) is 2.25. The Hall–Kier alpha value is -0.380. The average molecular weight is 186 g/mol. The van der Waals surface area contributed by atoms with Crippen LogP contribution in [0.25, 0.3) is 0 Å². The molecule has 0 aliphatic rings. The van der Waals surface area contributed by atoms with E-state index in [1.165, 1.54) is 0 Å². The second kappa shape index (κ2) is 5.30. The van der Waals surface area contributed by atoms with E-state index in [0.29, 0.717) is 6.61 Å². The summed E-state index contributed by atoms with van der Waals surface area (Å²) >= 11 is 1.59. The van der Waals surface area contributed by atoms with E-state index in [1.54, 1.807) is 11.3 Å². The van der Waals surface area contributed by atoms with Crippen LogP contribution in [-0.4, -0.2) is 18.3 Å². The molecule has 3 heteroatoms. The molecular formula is C9H14O2S. The van der Waals surface area contributed by atoms with Crippen molar-refractivity contribution in [2.45, 2.75) is 19.4 Å². The van der Waals surface area contributed by atoms with E-state index in [2.05, 4.69) is 6.92 Å². The molecule has 1 atom stereocenters. The molecule has 0 spiro atoms. The Bertz CT molecular complexity index is 196. The molecule has 1 aromatic heterocycles. The van der Waals surface area contributed by atoms with Gasteiger partial charge in [0.2, 0.25) is 0 Å². The van der Waals surface area contributed by atoms with Gasteiger partial charge in [0.05, 0.1) is 6.61 Å². The first-order valence-electron chi connectivity index (χ1n) is 4.12. The molecule has 0 aliphatic carbocycles. The van der Waals surface area contributed by atoms with Crippen molar-refractivity contribution >= 4 is 11.3 Å². The molecule has 0 aromatic carbocycles. The number of thiophene rings is 1. The lowest BCUT2D eigenvalue weighted by Gasteiger charge is -2.08. The molecule has 0 amide bonds. The Morgan fingerprint density at radius 1 is 1.67 bits per heavy atom. The van der Waals surface area contributed by atoms with E-state index in [1.807, 2.05) is 16.8 Å². The summed E-state index contributed by atoms with van der Waals surface area (Å²) in [6, 6.07) is 1.92.